The molecular formula is C16H36N2O. The van der Waals surface area contributed by atoms with Crippen LogP contribution in [0.15, 0.2) is 0 Å². The van der Waals surface area contributed by atoms with Crippen molar-refractivity contribution in [2.24, 2.45) is 5.92 Å². The second-order valence-electron chi connectivity index (χ2n) is 6.67. The lowest BCUT2D eigenvalue weighted by atomic mass is 9.95. The molecule has 0 aliphatic rings. The fraction of sp³-hybridized carbons (Fsp3) is 1.00. The molecule has 3 heteroatoms. The van der Waals surface area contributed by atoms with Crippen LogP contribution in [0, 0.1) is 5.92 Å². The van der Waals surface area contributed by atoms with Gasteiger partial charge in [-0.15, -0.1) is 0 Å². The molecule has 0 fully saturated rings. The number of rotatable bonds is 11. The highest BCUT2D eigenvalue weighted by atomic mass is 16.3. The normalized spacial score (nSPS) is 16.9. The number of hydrogen-bond acceptors (Lipinski definition) is 3. The van der Waals surface area contributed by atoms with Gasteiger partial charge in [-0.05, 0) is 59.2 Å². The van der Waals surface area contributed by atoms with Crippen LogP contribution in [0.25, 0.3) is 0 Å². The fourth-order valence-corrected chi connectivity index (χ4v) is 2.61. The van der Waals surface area contributed by atoms with E-state index in [2.05, 4.69) is 51.9 Å². The van der Waals surface area contributed by atoms with Crippen molar-refractivity contribution in [3.05, 3.63) is 0 Å². The molecule has 19 heavy (non-hydrogen) atoms. The van der Waals surface area contributed by atoms with Gasteiger partial charge >= 0.3 is 0 Å². The first-order chi connectivity index (χ1) is 8.84. The van der Waals surface area contributed by atoms with Gasteiger partial charge in [-0.25, -0.2) is 0 Å². The zero-order valence-electron chi connectivity index (χ0n) is 14.0. The molecule has 0 aliphatic carbocycles. The Hall–Kier alpha value is -0.120. The quantitative estimate of drug-likeness (QED) is 0.568. The maximum Gasteiger partial charge on any atom is 0.0610 e. The minimum absolute atomic E-state index is 0.100. The first-order valence-corrected chi connectivity index (χ1v) is 7.90. The third-order valence-corrected chi connectivity index (χ3v) is 4.01. The molecule has 0 heterocycles. The molecule has 0 saturated carbocycles. The molecule has 2 atom stereocenters. The lowest BCUT2D eigenvalue weighted by molar-refractivity contribution is 0.161. The van der Waals surface area contributed by atoms with Crippen LogP contribution >= 0.6 is 0 Å². The van der Waals surface area contributed by atoms with Gasteiger partial charge in [0.15, 0.2) is 0 Å². The van der Waals surface area contributed by atoms with E-state index in [0.717, 1.165) is 25.4 Å². The topological polar surface area (TPSA) is 35.5 Å². The molecule has 3 nitrogen and oxygen atoms in total. The minimum atomic E-state index is -0.100. The summed E-state index contributed by atoms with van der Waals surface area (Å²) in [4.78, 5) is 2.46. The van der Waals surface area contributed by atoms with Crippen LogP contribution < -0.4 is 5.32 Å². The van der Waals surface area contributed by atoms with Gasteiger partial charge in [0.1, 0.15) is 0 Å². The Morgan fingerprint density at radius 1 is 1.21 bits per heavy atom. The van der Waals surface area contributed by atoms with Crippen molar-refractivity contribution in [3.63, 3.8) is 0 Å². The molecule has 2 N–H and O–H groups in total. The zero-order valence-corrected chi connectivity index (χ0v) is 14.0. The SMILES string of the molecule is CCNC(C)(CO)CCCCN(C)C(C)CC(C)C. The maximum atomic E-state index is 9.44. The van der Waals surface area contributed by atoms with E-state index < -0.39 is 0 Å². The minimum Gasteiger partial charge on any atom is -0.394 e. The number of unbranched alkanes of at least 4 members (excludes halogenated alkanes) is 1. The van der Waals surface area contributed by atoms with Crippen LogP contribution in [-0.2, 0) is 0 Å². The zero-order chi connectivity index (χ0) is 14.9. The Labute approximate surface area is 120 Å². The summed E-state index contributed by atoms with van der Waals surface area (Å²) in [5, 5.41) is 12.8. The maximum absolute atomic E-state index is 9.44. The van der Waals surface area contributed by atoms with E-state index in [1.165, 1.54) is 19.3 Å². The molecule has 0 saturated heterocycles. The average molecular weight is 272 g/mol. The Bertz CT molecular complexity index is 221. The van der Waals surface area contributed by atoms with E-state index in [1.54, 1.807) is 0 Å². The van der Waals surface area contributed by atoms with Crippen LogP contribution in [0.5, 0.6) is 0 Å². The Morgan fingerprint density at radius 2 is 1.84 bits per heavy atom. The Balaban J connectivity index is 3.84. The van der Waals surface area contributed by atoms with E-state index >= 15 is 0 Å². The summed E-state index contributed by atoms with van der Waals surface area (Å²) in [5.74, 6) is 0.767. The van der Waals surface area contributed by atoms with Gasteiger partial charge in [0.2, 0.25) is 0 Å². The number of nitrogens with zero attached hydrogens (tertiary/aromatic N) is 1. The molecule has 0 rings (SSSR count). The first-order valence-electron chi connectivity index (χ1n) is 7.90. The number of hydrogen-bond donors (Lipinski definition) is 2. The van der Waals surface area contributed by atoms with Gasteiger partial charge in [0.05, 0.1) is 6.61 Å². The highest BCUT2D eigenvalue weighted by Gasteiger charge is 2.21. The molecule has 0 aromatic heterocycles. The molecule has 0 spiro atoms. The van der Waals surface area contributed by atoms with Crippen molar-refractivity contribution in [3.8, 4) is 0 Å². The summed E-state index contributed by atoms with van der Waals surface area (Å²) in [6.07, 6.45) is 4.69. The Morgan fingerprint density at radius 3 is 2.32 bits per heavy atom. The van der Waals surface area contributed by atoms with Crippen molar-refractivity contribution in [2.75, 3.05) is 26.7 Å². The summed E-state index contributed by atoms with van der Waals surface area (Å²) in [7, 11) is 2.22. The van der Waals surface area contributed by atoms with Crippen molar-refractivity contribution < 1.29 is 5.11 Å². The number of aliphatic hydroxyl groups excluding tert-OH is 1. The highest BCUT2D eigenvalue weighted by molar-refractivity contribution is 4.81. The lowest BCUT2D eigenvalue weighted by Gasteiger charge is -2.29. The smallest absolute Gasteiger partial charge is 0.0610 e. The van der Waals surface area contributed by atoms with Gasteiger partial charge in [-0.3, -0.25) is 0 Å². The molecule has 116 valence electrons. The third-order valence-electron chi connectivity index (χ3n) is 4.01. The van der Waals surface area contributed by atoms with Gasteiger partial charge < -0.3 is 15.3 Å². The predicted molar refractivity (Wildman–Crippen MR) is 84.6 cm³/mol. The van der Waals surface area contributed by atoms with E-state index in [4.69, 9.17) is 0 Å². The van der Waals surface area contributed by atoms with E-state index in [1.807, 2.05) is 0 Å². The summed E-state index contributed by atoms with van der Waals surface area (Å²) >= 11 is 0. The predicted octanol–water partition coefficient (Wildman–Crippen LogP) is 2.88. The fourth-order valence-electron chi connectivity index (χ4n) is 2.61. The summed E-state index contributed by atoms with van der Waals surface area (Å²) < 4.78 is 0. The van der Waals surface area contributed by atoms with E-state index in [-0.39, 0.29) is 12.1 Å². The van der Waals surface area contributed by atoms with Crippen molar-refractivity contribution >= 4 is 0 Å². The molecule has 0 amide bonds. The molecule has 0 aromatic carbocycles. The summed E-state index contributed by atoms with van der Waals surface area (Å²) in [6.45, 7) is 13.4. The lowest BCUT2D eigenvalue weighted by Crippen LogP contribution is -2.45. The van der Waals surface area contributed by atoms with Crippen LogP contribution in [0.4, 0.5) is 0 Å². The van der Waals surface area contributed by atoms with Crippen LogP contribution in [0.1, 0.15) is 60.3 Å². The average Bonchev–Trinajstić information content (AvgIpc) is 2.34. The van der Waals surface area contributed by atoms with Crippen LogP contribution in [-0.4, -0.2) is 48.3 Å². The van der Waals surface area contributed by atoms with Crippen molar-refractivity contribution in [2.45, 2.75) is 71.9 Å². The van der Waals surface area contributed by atoms with E-state index in [0.29, 0.717) is 6.04 Å². The molecule has 2 unspecified atom stereocenters. The molecular weight excluding hydrogens is 236 g/mol. The number of nitrogens with one attached hydrogen (secondary N) is 1. The molecule has 0 bridgehead atoms. The van der Waals surface area contributed by atoms with E-state index in [9.17, 15) is 5.11 Å². The molecule has 0 aromatic rings. The van der Waals surface area contributed by atoms with Gasteiger partial charge in [-0.1, -0.05) is 27.2 Å². The van der Waals surface area contributed by atoms with Gasteiger partial charge in [0.25, 0.3) is 0 Å². The second kappa shape index (κ2) is 9.73. The van der Waals surface area contributed by atoms with Crippen LogP contribution in [0.2, 0.25) is 0 Å². The largest absolute Gasteiger partial charge is 0.394 e. The van der Waals surface area contributed by atoms with Crippen molar-refractivity contribution in [1.29, 1.82) is 0 Å². The standard InChI is InChI=1S/C16H36N2O/c1-7-17-16(5,13-19)10-8-9-11-18(6)15(4)12-14(2)3/h14-15,17,19H,7-13H2,1-6H3. The van der Waals surface area contributed by atoms with Crippen molar-refractivity contribution in [1.82, 2.24) is 10.2 Å². The summed E-state index contributed by atoms with van der Waals surface area (Å²) in [5.41, 5.74) is -0.100. The van der Waals surface area contributed by atoms with Gasteiger partial charge in [-0.2, -0.15) is 0 Å². The monoisotopic (exact) mass is 272 g/mol. The number of aliphatic hydroxyl groups is 1. The molecule has 0 radical (unpaired) electrons. The Kier molecular flexibility index (Phi) is 9.67. The third kappa shape index (κ3) is 8.61. The highest BCUT2D eigenvalue weighted by Crippen LogP contribution is 2.15. The first kappa shape index (κ1) is 18.9. The van der Waals surface area contributed by atoms with Crippen LogP contribution in [0.3, 0.4) is 0 Å². The summed E-state index contributed by atoms with van der Waals surface area (Å²) in [6, 6.07) is 0.665. The second-order valence-corrected chi connectivity index (χ2v) is 6.67. The number of likely N-dealkylation sites (N-methyl/N-ethyl adjacent to an activating group) is 1. The molecule has 0 aliphatic heterocycles. The van der Waals surface area contributed by atoms with Gasteiger partial charge in [0, 0.05) is 11.6 Å².